The summed E-state index contributed by atoms with van der Waals surface area (Å²) < 4.78 is 18.8. The molecule has 2 amide bonds. The van der Waals surface area contributed by atoms with Gasteiger partial charge in [0.1, 0.15) is 19.7 Å². The monoisotopic (exact) mass is 575 g/mol. The van der Waals surface area contributed by atoms with Crippen LogP contribution in [0.3, 0.4) is 0 Å². The molecule has 0 aliphatic carbocycles. The van der Waals surface area contributed by atoms with Crippen LogP contribution in [-0.4, -0.2) is 42.5 Å². The molecule has 41 heavy (non-hydrogen) atoms. The summed E-state index contributed by atoms with van der Waals surface area (Å²) in [6.07, 6.45) is 24.2. The molecular formula is C34H59N2O5+. The number of ether oxygens (including phenoxy) is 3. The van der Waals surface area contributed by atoms with Gasteiger partial charge in [-0.1, -0.05) is 109 Å². The van der Waals surface area contributed by atoms with E-state index in [2.05, 4.69) is 6.92 Å². The molecule has 1 aromatic heterocycles. The highest BCUT2D eigenvalue weighted by atomic mass is 16.6. The van der Waals surface area contributed by atoms with Crippen molar-refractivity contribution in [1.82, 2.24) is 4.90 Å². The summed E-state index contributed by atoms with van der Waals surface area (Å²) in [6.45, 7) is 7.20. The number of imide groups is 1. The fourth-order valence-electron chi connectivity index (χ4n) is 5.63. The van der Waals surface area contributed by atoms with Crippen LogP contribution in [0, 0.1) is 0 Å². The van der Waals surface area contributed by atoms with E-state index in [1.807, 2.05) is 35.9 Å². The average Bonchev–Trinajstić information content (AvgIpc) is 3.44. The first kappa shape index (κ1) is 35.0. The quantitative estimate of drug-likeness (QED) is 0.102. The van der Waals surface area contributed by atoms with E-state index in [1.165, 1.54) is 96.3 Å². The maximum Gasteiger partial charge on any atom is 0.419 e. The molecule has 2 unspecified atom stereocenters. The zero-order valence-electron chi connectivity index (χ0n) is 26.5. The second-order valence-electron chi connectivity index (χ2n) is 11.5. The van der Waals surface area contributed by atoms with Crippen LogP contribution in [0.4, 0.5) is 9.59 Å². The second kappa shape index (κ2) is 22.4. The molecule has 0 aromatic carbocycles. The third-order valence-electron chi connectivity index (χ3n) is 8.12. The van der Waals surface area contributed by atoms with E-state index in [0.717, 1.165) is 36.4 Å². The second-order valence-corrected chi connectivity index (χ2v) is 11.5. The summed E-state index contributed by atoms with van der Waals surface area (Å²) in [4.78, 5) is 26.4. The normalized spacial score (nSPS) is 16.6. The zero-order chi connectivity index (χ0) is 29.5. The Balaban J connectivity index is 1.54. The summed E-state index contributed by atoms with van der Waals surface area (Å²) in [5.41, 5.74) is 0.834. The maximum absolute atomic E-state index is 12.9. The Morgan fingerprint density at radius 2 is 1.34 bits per heavy atom. The average molecular weight is 576 g/mol. The van der Waals surface area contributed by atoms with Crippen molar-refractivity contribution < 1.29 is 28.4 Å². The van der Waals surface area contributed by atoms with E-state index in [1.54, 1.807) is 6.92 Å². The highest BCUT2D eigenvalue weighted by Crippen LogP contribution is 2.25. The molecule has 2 heterocycles. The van der Waals surface area contributed by atoms with Crippen LogP contribution >= 0.6 is 0 Å². The predicted molar refractivity (Wildman–Crippen MR) is 164 cm³/mol. The Kier molecular flexibility index (Phi) is 19.2. The summed E-state index contributed by atoms with van der Waals surface area (Å²) in [6, 6.07) is 5.71. The first-order valence-corrected chi connectivity index (χ1v) is 16.8. The van der Waals surface area contributed by atoms with Gasteiger partial charge in [-0.25, -0.2) is 19.1 Å². The van der Waals surface area contributed by atoms with Gasteiger partial charge in [-0.2, -0.15) is 0 Å². The number of nitrogens with zero attached hydrogens (tertiary/aromatic N) is 2. The summed E-state index contributed by atoms with van der Waals surface area (Å²) in [5.74, 6) is 0. The molecule has 7 nitrogen and oxygen atoms in total. The molecule has 1 aromatic rings. The first-order valence-electron chi connectivity index (χ1n) is 16.8. The highest BCUT2D eigenvalue weighted by Gasteiger charge is 2.31. The molecule has 0 radical (unpaired) electrons. The molecule has 2 atom stereocenters. The Labute approximate surface area is 250 Å². The fourth-order valence-corrected chi connectivity index (χ4v) is 5.63. The highest BCUT2D eigenvalue weighted by molar-refractivity contribution is 5.87. The third-order valence-corrected chi connectivity index (χ3v) is 8.12. The van der Waals surface area contributed by atoms with E-state index in [-0.39, 0.29) is 32.0 Å². The Hall–Kier alpha value is -2.15. The lowest BCUT2D eigenvalue weighted by molar-refractivity contribution is -0.701. The van der Waals surface area contributed by atoms with Crippen LogP contribution in [0.15, 0.2) is 24.4 Å². The van der Waals surface area contributed by atoms with Crippen molar-refractivity contribution in [2.45, 2.75) is 162 Å². The van der Waals surface area contributed by atoms with Crippen molar-refractivity contribution in [3.8, 4) is 0 Å². The third kappa shape index (κ3) is 15.1. The van der Waals surface area contributed by atoms with Gasteiger partial charge in [0.25, 0.3) is 0 Å². The molecule has 1 fully saturated rings. The summed E-state index contributed by atoms with van der Waals surface area (Å²) in [5, 5.41) is 0. The number of aryl methyl sites for hydroxylation is 1. The van der Waals surface area contributed by atoms with Crippen molar-refractivity contribution in [3.63, 3.8) is 0 Å². The number of pyridine rings is 1. The standard InChI is InChI=1S/C34H59N2O5/c1-4-7-8-9-10-11-12-13-14-15-16-17-18-19-20-24-31-25-26-32(41-31)29-40-34(38)36(33(37)39-6-3)28-30-23-21-22-27-35(30)5-2/h21-23,27,31-32H,4-20,24-26,28-29H2,1-3H3/q+1. The largest absolute Gasteiger partial charge is 0.449 e. The lowest BCUT2D eigenvalue weighted by atomic mass is 10.0. The molecule has 0 spiro atoms. The van der Waals surface area contributed by atoms with Crippen LogP contribution in [-0.2, 0) is 27.3 Å². The van der Waals surface area contributed by atoms with Crippen LogP contribution in [0.1, 0.15) is 142 Å². The van der Waals surface area contributed by atoms with Crippen molar-refractivity contribution in [2.24, 2.45) is 0 Å². The van der Waals surface area contributed by atoms with Crippen LogP contribution < -0.4 is 4.57 Å². The summed E-state index contributed by atoms with van der Waals surface area (Å²) in [7, 11) is 0. The number of amides is 2. The Morgan fingerprint density at radius 1 is 0.780 bits per heavy atom. The molecule has 0 bridgehead atoms. The molecule has 7 heteroatoms. The number of hydrogen-bond donors (Lipinski definition) is 0. The first-order chi connectivity index (χ1) is 20.1. The van der Waals surface area contributed by atoms with E-state index >= 15 is 0 Å². The number of aromatic nitrogens is 1. The maximum atomic E-state index is 12.9. The van der Waals surface area contributed by atoms with E-state index in [0.29, 0.717) is 0 Å². The molecule has 1 aliphatic heterocycles. The Bertz CT molecular complexity index is 833. The summed E-state index contributed by atoms with van der Waals surface area (Å²) >= 11 is 0. The van der Waals surface area contributed by atoms with E-state index in [9.17, 15) is 9.59 Å². The molecular weight excluding hydrogens is 516 g/mol. The van der Waals surface area contributed by atoms with Crippen molar-refractivity contribution in [2.75, 3.05) is 13.2 Å². The van der Waals surface area contributed by atoms with Crippen LogP contribution in [0.5, 0.6) is 0 Å². The van der Waals surface area contributed by atoms with Gasteiger partial charge in [0.15, 0.2) is 6.20 Å². The minimum atomic E-state index is -0.692. The SMILES string of the molecule is CCCCCCCCCCCCCCCCCC1CCC(COC(=O)N(Cc2cccc[n+]2CC)C(=O)OCC)O1. The van der Waals surface area contributed by atoms with Crippen molar-refractivity contribution >= 4 is 12.2 Å². The van der Waals surface area contributed by atoms with Gasteiger partial charge in [0.05, 0.1) is 18.8 Å². The number of carbonyl (C=O) groups excluding carboxylic acids is 2. The molecule has 2 rings (SSSR count). The van der Waals surface area contributed by atoms with E-state index in [4.69, 9.17) is 14.2 Å². The molecule has 0 N–H and O–H groups in total. The lowest BCUT2D eigenvalue weighted by Crippen LogP contribution is -2.44. The minimum absolute atomic E-state index is 0.0969. The Morgan fingerprint density at radius 3 is 1.93 bits per heavy atom. The van der Waals surface area contributed by atoms with Gasteiger partial charge in [0.2, 0.25) is 5.69 Å². The minimum Gasteiger partial charge on any atom is -0.449 e. The number of hydrogen-bond acceptors (Lipinski definition) is 5. The van der Waals surface area contributed by atoms with Gasteiger partial charge < -0.3 is 14.2 Å². The molecule has 234 valence electrons. The van der Waals surface area contributed by atoms with Crippen molar-refractivity contribution in [3.05, 3.63) is 30.1 Å². The molecule has 1 aliphatic rings. The number of unbranched alkanes of at least 4 members (excludes halogenated alkanes) is 14. The molecule has 1 saturated heterocycles. The van der Waals surface area contributed by atoms with Gasteiger partial charge in [0, 0.05) is 12.1 Å². The smallest absolute Gasteiger partial charge is 0.419 e. The predicted octanol–water partition coefficient (Wildman–Crippen LogP) is 8.90. The fraction of sp³-hybridized carbons (Fsp3) is 0.794. The topological polar surface area (TPSA) is 69.0 Å². The lowest BCUT2D eigenvalue weighted by Gasteiger charge is -2.20. The molecule has 0 saturated carbocycles. The van der Waals surface area contributed by atoms with Crippen molar-refractivity contribution in [1.29, 1.82) is 0 Å². The van der Waals surface area contributed by atoms with Crippen LogP contribution in [0.25, 0.3) is 0 Å². The van der Waals surface area contributed by atoms with Gasteiger partial charge in [-0.3, -0.25) is 0 Å². The van der Waals surface area contributed by atoms with Gasteiger partial charge in [-0.15, -0.1) is 0 Å². The number of carbonyl (C=O) groups is 2. The number of rotatable bonds is 22. The van der Waals surface area contributed by atoms with E-state index < -0.39 is 12.2 Å². The van der Waals surface area contributed by atoms with Crippen LogP contribution in [0.2, 0.25) is 0 Å². The van der Waals surface area contributed by atoms with Gasteiger partial charge >= 0.3 is 12.2 Å². The van der Waals surface area contributed by atoms with Gasteiger partial charge in [-0.05, 0) is 33.1 Å². The zero-order valence-corrected chi connectivity index (χ0v) is 26.5.